The van der Waals surface area contributed by atoms with Crippen molar-refractivity contribution in [2.75, 3.05) is 11.5 Å². The van der Waals surface area contributed by atoms with Crippen molar-refractivity contribution in [3.8, 4) is 5.75 Å². The van der Waals surface area contributed by atoms with E-state index in [9.17, 15) is 0 Å². The van der Waals surface area contributed by atoms with Crippen LogP contribution in [-0.2, 0) is 6.54 Å². The second kappa shape index (κ2) is 5.23. The zero-order valence-corrected chi connectivity index (χ0v) is 9.39. The molecule has 4 nitrogen and oxygen atoms in total. The summed E-state index contributed by atoms with van der Waals surface area (Å²) in [7, 11) is 0. The molecule has 0 aliphatic heterocycles. The molecule has 2 aromatic rings. The number of nitrogens with two attached hydrogens (primary N) is 2. The minimum Gasteiger partial charge on any atom is -0.408 e. The van der Waals surface area contributed by atoms with Gasteiger partial charge in [-0.15, -0.1) is 0 Å². The third-order valence-corrected chi connectivity index (χ3v) is 2.33. The van der Waals surface area contributed by atoms with E-state index in [-0.39, 0.29) is 0 Å². The van der Waals surface area contributed by atoms with Crippen LogP contribution in [0.5, 0.6) is 5.75 Å². The molecule has 4 heteroatoms. The van der Waals surface area contributed by atoms with Crippen molar-refractivity contribution in [1.29, 1.82) is 0 Å². The minimum atomic E-state index is 0.616. The predicted octanol–water partition coefficient (Wildman–Crippen LogP) is 1.93. The molecule has 0 unspecified atom stereocenters. The average Bonchev–Trinajstić information content (AvgIpc) is 2.34. The standard InChI is InChI=1S/C13H15N3O/c14-11-3-1-10(2-4-11)9-16-17-13-7-5-12(15)6-8-13/h1-8,16H,9,14-15H2. The molecule has 0 aromatic heterocycles. The van der Waals surface area contributed by atoms with Crippen LogP contribution in [0.3, 0.4) is 0 Å². The van der Waals surface area contributed by atoms with Crippen molar-refractivity contribution in [2.24, 2.45) is 0 Å². The molecule has 0 saturated heterocycles. The second-order valence-electron chi connectivity index (χ2n) is 3.73. The molecule has 17 heavy (non-hydrogen) atoms. The Morgan fingerprint density at radius 3 is 1.94 bits per heavy atom. The molecule has 0 radical (unpaired) electrons. The van der Waals surface area contributed by atoms with E-state index in [4.69, 9.17) is 16.3 Å². The van der Waals surface area contributed by atoms with Gasteiger partial charge in [0.05, 0.1) is 6.54 Å². The van der Waals surface area contributed by atoms with E-state index in [2.05, 4.69) is 5.48 Å². The lowest BCUT2D eigenvalue weighted by atomic mass is 10.2. The molecule has 0 atom stereocenters. The van der Waals surface area contributed by atoms with Crippen molar-refractivity contribution in [3.63, 3.8) is 0 Å². The molecule has 0 fully saturated rings. The molecule has 0 aliphatic rings. The molecule has 0 saturated carbocycles. The van der Waals surface area contributed by atoms with Gasteiger partial charge in [-0.05, 0) is 42.0 Å². The molecule has 2 rings (SSSR count). The van der Waals surface area contributed by atoms with Crippen molar-refractivity contribution in [2.45, 2.75) is 6.54 Å². The maximum Gasteiger partial charge on any atom is 0.147 e. The summed E-state index contributed by atoms with van der Waals surface area (Å²) in [6.07, 6.45) is 0. The topological polar surface area (TPSA) is 73.3 Å². The molecule has 0 amide bonds. The van der Waals surface area contributed by atoms with E-state index in [1.165, 1.54) is 0 Å². The highest BCUT2D eigenvalue weighted by Crippen LogP contribution is 2.12. The van der Waals surface area contributed by atoms with E-state index in [0.717, 1.165) is 22.7 Å². The molecule has 5 N–H and O–H groups in total. The first-order chi connectivity index (χ1) is 8.24. The van der Waals surface area contributed by atoms with Gasteiger partial charge in [0.2, 0.25) is 0 Å². The van der Waals surface area contributed by atoms with Gasteiger partial charge >= 0.3 is 0 Å². The molecule has 0 spiro atoms. The molecule has 2 aromatic carbocycles. The molecule has 0 heterocycles. The fraction of sp³-hybridized carbons (Fsp3) is 0.0769. The number of hydroxylamine groups is 1. The molecular formula is C13H15N3O. The fourth-order valence-electron chi connectivity index (χ4n) is 1.37. The Kier molecular flexibility index (Phi) is 3.47. The summed E-state index contributed by atoms with van der Waals surface area (Å²) >= 11 is 0. The average molecular weight is 229 g/mol. The van der Waals surface area contributed by atoms with Gasteiger partial charge in [-0.2, -0.15) is 5.48 Å². The minimum absolute atomic E-state index is 0.616. The van der Waals surface area contributed by atoms with E-state index in [1.54, 1.807) is 12.1 Å². The lowest BCUT2D eigenvalue weighted by molar-refractivity contribution is 0.191. The SMILES string of the molecule is Nc1ccc(CNOc2ccc(N)cc2)cc1. The van der Waals surface area contributed by atoms with E-state index >= 15 is 0 Å². The summed E-state index contributed by atoms with van der Waals surface area (Å²) in [6.45, 7) is 0.616. The first-order valence-corrected chi connectivity index (χ1v) is 5.34. The number of anilines is 2. The number of nitrogen functional groups attached to an aromatic ring is 2. The monoisotopic (exact) mass is 229 g/mol. The molecule has 0 aliphatic carbocycles. The number of hydrogen-bond acceptors (Lipinski definition) is 4. The number of hydrogen-bond donors (Lipinski definition) is 3. The lowest BCUT2D eigenvalue weighted by Gasteiger charge is -2.07. The summed E-state index contributed by atoms with van der Waals surface area (Å²) < 4.78 is 0. The van der Waals surface area contributed by atoms with Crippen LogP contribution in [-0.4, -0.2) is 0 Å². The second-order valence-corrected chi connectivity index (χ2v) is 3.73. The Morgan fingerprint density at radius 2 is 1.35 bits per heavy atom. The largest absolute Gasteiger partial charge is 0.408 e. The zero-order valence-electron chi connectivity index (χ0n) is 9.39. The van der Waals surface area contributed by atoms with Crippen LogP contribution in [0, 0.1) is 0 Å². The summed E-state index contributed by atoms with van der Waals surface area (Å²) in [5.41, 5.74) is 16.6. The van der Waals surface area contributed by atoms with Crippen LogP contribution in [0.25, 0.3) is 0 Å². The Labute approximate surface area is 100 Å². The normalized spacial score (nSPS) is 10.1. The predicted molar refractivity (Wildman–Crippen MR) is 69.2 cm³/mol. The number of benzene rings is 2. The van der Waals surface area contributed by atoms with Gasteiger partial charge in [0.15, 0.2) is 0 Å². The molecule has 0 bridgehead atoms. The van der Waals surface area contributed by atoms with Crippen molar-refractivity contribution in [3.05, 3.63) is 54.1 Å². The van der Waals surface area contributed by atoms with Crippen LogP contribution in [0.15, 0.2) is 48.5 Å². The summed E-state index contributed by atoms with van der Waals surface area (Å²) in [4.78, 5) is 5.36. The lowest BCUT2D eigenvalue weighted by Crippen LogP contribution is -2.17. The number of rotatable bonds is 4. The van der Waals surface area contributed by atoms with Gasteiger partial charge in [0.1, 0.15) is 5.75 Å². The van der Waals surface area contributed by atoms with Crippen LogP contribution in [0.2, 0.25) is 0 Å². The molecule has 88 valence electrons. The summed E-state index contributed by atoms with van der Waals surface area (Å²) in [6, 6.07) is 14.8. The van der Waals surface area contributed by atoms with Crippen molar-refractivity contribution < 1.29 is 4.84 Å². The van der Waals surface area contributed by atoms with Gasteiger partial charge in [-0.25, -0.2) is 0 Å². The van der Waals surface area contributed by atoms with Crippen LogP contribution >= 0.6 is 0 Å². The fourth-order valence-corrected chi connectivity index (χ4v) is 1.37. The van der Waals surface area contributed by atoms with E-state index < -0.39 is 0 Å². The van der Waals surface area contributed by atoms with Crippen LogP contribution in [0.1, 0.15) is 5.56 Å². The van der Waals surface area contributed by atoms with Gasteiger partial charge < -0.3 is 16.3 Å². The maximum absolute atomic E-state index is 5.60. The Bertz CT molecular complexity index is 420. The van der Waals surface area contributed by atoms with Crippen molar-refractivity contribution >= 4 is 11.4 Å². The van der Waals surface area contributed by atoms with Crippen molar-refractivity contribution in [1.82, 2.24) is 5.48 Å². The van der Waals surface area contributed by atoms with E-state index in [1.807, 2.05) is 36.4 Å². The Morgan fingerprint density at radius 1 is 0.824 bits per heavy atom. The first-order valence-electron chi connectivity index (χ1n) is 5.34. The third-order valence-electron chi connectivity index (χ3n) is 2.33. The van der Waals surface area contributed by atoms with Crippen LogP contribution < -0.4 is 21.8 Å². The summed E-state index contributed by atoms with van der Waals surface area (Å²) in [5.74, 6) is 0.731. The number of nitrogens with one attached hydrogen (secondary N) is 1. The highest BCUT2D eigenvalue weighted by atomic mass is 16.6. The van der Waals surface area contributed by atoms with Gasteiger partial charge in [-0.3, -0.25) is 0 Å². The highest BCUT2D eigenvalue weighted by Gasteiger charge is 1.95. The van der Waals surface area contributed by atoms with Gasteiger partial charge in [-0.1, -0.05) is 12.1 Å². The highest BCUT2D eigenvalue weighted by molar-refractivity contribution is 5.41. The van der Waals surface area contributed by atoms with E-state index in [0.29, 0.717) is 6.54 Å². The van der Waals surface area contributed by atoms with Gasteiger partial charge in [0, 0.05) is 11.4 Å². The smallest absolute Gasteiger partial charge is 0.147 e. The summed E-state index contributed by atoms with van der Waals surface area (Å²) in [5, 5.41) is 0. The van der Waals surface area contributed by atoms with Gasteiger partial charge in [0.25, 0.3) is 0 Å². The quantitative estimate of drug-likeness (QED) is 0.553. The zero-order chi connectivity index (χ0) is 12.1. The molecular weight excluding hydrogens is 214 g/mol. The first kappa shape index (κ1) is 11.3. The van der Waals surface area contributed by atoms with Crippen LogP contribution in [0.4, 0.5) is 11.4 Å². The third kappa shape index (κ3) is 3.39. The Balaban J connectivity index is 1.83. The maximum atomic E-state index is 5.60. The Hall–Kier alpha value is -2.20.